The molecule has 0 aliphatic heterocycles. The molecule has 0 bridgehead atoms. The first kappa shape index (κ1) is 18.4. The summed E-state index contributed by atoms with van der Waals surface area (Å²) in [6.45, 7) is 0.791. The van der Waals surface area contributed by atoms with Crippen molar-refractivity contribution in [3.05, 3.63) is 59.1 Å². The predicted octanol–water partition coefficient (Wildman–Crippen LogP) is 2.81. The van der Waals surface area contributed by atoms with E-state index < -0.39 is 9.84 Å². The lowest BCUT2D eigenvalue weighted by atomic mass is 10.2. The van der Waals surface area contributed by atoms with Gasteiger partial charge in [-0.15, -0.1) is 0 Å². The van der Waals surface area contributed by atoms with Gasteiger partial charge in [-0.25, -0.2) is 8.42 Å². The standard InChI is InChI=1S/C17H19ClN2O3S/c1-20(11-13-6-4-3-5-7-13)12-17(21)19-16-10-14(24(2,22)23)8-9-15(16)18/h3-10H,11-12H2,1-2H3,(H,19,21). The molecule has 0 atom stereocenters. The second-order valence-electron chi connectivity index (χ2n) is 5.62. The number of nitrogens with zero attached hydrogens (tertiary/aromatic N) is 1. The number of carbonyl (C=O) groups is 1. The molecule has 7 heteroatoms. The van der Waals surface area contributed by atoms with Crippen LogP contribution in [0.1, 0.15) is 5.56 Å². The molecule has 2 aromatic rings. The summed E-state index contributed by atoms with van der Waals surface area (Å²) in [7, 11) is -1.53. The highest BCUT2D eigenvalue weighted by atomic mass is 35.5. The molecule has 2 rings (SSSR count). The van der Waals surface area contributed by atoms with Gasteiger partial charge in [-0.3, -0.25) is 9.69 Å². The average molecular weight is 367 g/mol. The Labute approximate surface area is 147 Å². The van der Waals surface area contributed by atoms with E-state index in [1.165, 1.54) is 18.2 Å². The van der Waals surface area contributed by atoms with Crippen LogP contribution in [0.2, 0.25) is 5.02 Å². The molecule has 0 spiro atoms. The van der Waals surface area contributed by atoms with E-state index in [-0.39, 0.29) is 23.0 Å². The Balaban J connectivity index is 2.02. The summed E-state index contributed by atoms with van der Waals surface area (Å²) in [6.07, 6.45) is 1.11. The lowest BCUT2D eigenvalue weighted by Gasteiger charge is -2.17. The van der Waals surface area contributed by atoms with Crippen molar-refractivity contribution >= 4 is 33.0 Å². The zero-order valence-corrected chi connectivity index (χ0v) is 15.1. The minimum Gasteiger partial charge on any atom is -0.324 e. The lowest BCUT2D eigenvalue weighted by molar-refractivity contribution is -0.117. The molecule has 24 heavy (non-hydrogen) atoms. The number of hydrogen-bond donors (Lipinski definition) is 1. The van der Waals surface area contributed by atoms with Crippen molar-refractivity contribution in [2.75, 3.05) is 25.2 Å². The summed E-state index contributed by atoms with van der Waals surface area (Å²) < 4.78 is 23.2. The van der Waals surface area contributed by atoms with E-state index in [2.05, 4.69) is 5.32 Å². The Morgan fingerprint density at radius 3 is 2.46 bits per heavy atom. The topological polar surface area (TPSA) is 66.5 Å². The minimum absolute atomic E-state index is 0.111. The van der Waals surface area contributed by atoms with E-state index in [0.717, 1.165) is 11.8 Å². The molecular weight excluding hydrogens is 348 g/mol. The van der Waals surface area contributed by atoms with Crippen LogP contribution in [-0.2, 0) is 21.2 Å². The molecule has 0 unspecified atom stereocenters. The molecule has 0 radical (unpaired) electrons. The van der Waals surface area contributed by atoms with E-state index in [1.54, 1.807) is 0 Å². The van der Waals surface area contributed by atoms with Gasteiger partial charge in [-0.1, -0.05) is 41.9 Å². The second kappa shape index (κ2) is 7.79. The van der Waals surface area contributed by atoms with Gasteiger partial charge in [0, 0.05) is 12.8 Å². The molecule has 0 heterocycles. The monoisotopic (exact) mass is 366 g/mol. The third kappa shape index (κ3) is 5.33. The highest BCUT2D eigenvalue weighted by Crippen LogP contribution is 2.25. The van der Waals surface area contributed by atoms with Crippen LogP contribution in [0.4, 0.5) is 5.69 Å². The van der Waals surface area contributed by atoms with Crippen molar-refractivity contribution in [2.45, 2.75) is 11.4 Å². The van der Waals surface area contributed by atoms with Gasteiger partial charge in [-0.05, 0) is 30.8 Å². The third-order valence-electron chi connectivity index (χ3n) is 3.35. The zero-order chi connectivity index (χ0) is 17.7. The van der Waals surface area contributed by atoms with Crippen LogP contribution in [-0.4, -0.2) is 39.1 Å². The van der Waals surface area contributed by atoms with Crippen molar-refractivity contribution in [3.63, 3.8) is 0 Å². The first-order chi connectivity index (χ1) is 11.3. The smallest absolute Gasteiger partial charge is 0.238 e. The van der Waals surface area contributed by atoms with Gasteiger partial charge >= 0.3 is 0 Å². The van der Waals surface area contributed by atoms with Crippen LogP contribution in [0.15, 0.2) is 53.4 Å². The van der Waals surface area contributed by atoms with E-state index in [4.69, 9.17) is 11.6 Å². The Kier molecular flexibility index (Phi) is 5.99. The lowest BCUT2D eigenvalue weighted by Crippen LogP contribution is -2.30. The van der Waals surface area contributed by atoms with E-state index in [1.807, 2.05) is 42.3 Å². The van der Waals surface area contributed by atoms with Gasteiger partial charge in [-0.2, -0.15) is 0 Å². The van der Waals surface area contributed by atoms with Crippen LogP contribution in [0.3, 0.4) is 0 Å². The molecule has 2 aromatic carbocycles. The first-order valence-electron chi connectivity index (χ1n) is 7.27. The number of amides is 1. The quantitative estimate of drug-likeness (QED) is 0.853. The van der Waals surface area contributed by atoms with Crippen molar-refractivity contribution in [1.82, 2.24) is 4.90 Å². The molecule has 1 N–H and O–H groups in total. The average Bonchev–Trinajstić information content (AvgIpc) is 2.49. The van der Waals surface area contributed by atoms with Gasteiger partial charge < -0.3 is 5.32 Å². The molecule has 0 saturated heterocycles. The molecule has 128 valence electrons. The number of carbonyl (C=O) groups excluding carboxylic acids is 1. The number of sulfone groups is 1. The molecule has 0 fully saturated rings. The maximum Gasteiger partial charge on any atom is 0.238 e. The molecule has 0 aromatic heterocycles. The fourth-order valence-corrected chi connectivity index (χ4v) is 3.03. The zero-order valence-electron chi connectivity index (χ0n) is 13.5. The largest absolute Gasteiger partial charge is 0.324 e. The van der Waals surface area contributed by atoms with Crippen molar-refractivity contribution in [1.29, 1.82) is 0 Å². The number of nitrogens with one attached hydrogen (secondary N) is 1. The number of benzene rings is 2. The van der Waals surface area contributed by atoms with Crippen LogP contribution >= 0.6 is 11.6 Å². The molecule has 0 aliphatic rings. The van der Waals surface area contributed by atoms with Crippen LogP contribution in [0, 0.1) is 0 Å². The highest BCUT2D eigenvalue weighted by Gasteiger charge is 2.13. The van der Waals surface area contributed by atoms with Crippen molar-refractivity contribution < 1.29 is 13.2 Å². The van der Waals surface area contributed by atoms with E-state index >= 15 is 0 Å². The predicted molar refractivity (Wildman–Crippen MR) is 96.0 cm³/mol. The molecule has 0 aliphatic carbocycles. The molecule has 5 nitrogen and oxygen atoms in total. The second-order valence-corrected chi connectivity index (χ2v) is 8.04. The first-order valence-corrected chi connectivity index (χ1v) is 9.54. The van der Waals surface area contributed by atoms with Gasteiger partial charge in [0.15, 0.2) is 9.84 Å². The number of hydrogen-bond acceptors (Lipinski definition) is 4. The molecule has 1 amide bonds. The Bertz CT molecular complexity index is 823. The van der Waals surface area contributed by atoms with Crippen molar-refractivity contribution in [2.24, 2.45) is 0 Å². The van der Waals surface area contributed by atoms with Gasteiger partial charge in [0.05, 0.1) is 22.2 Å². The van der Waals surface area contributed by atoms with Crippen LogP contribution < -0.4 is 5.32 Å². The van der Waals surface area contributed by atoms with E-state index in [9.17, 15) is 13.2 Å². The summed E-state index contributed by atoms with van der Waals surface area (Å²) in [6, 6.07) is 14.0. The number of anilines is 1. The summed E-state index contributed by atoms with van der Waals surface area (Å²) in [4.78, 5) is 14.1. The number of rotatable bonds is 6. The Hall–Kier alpha value is -1.89. The Morgan fingerprint density at radius 1 is 1.17 bits per heavy atom. The summed E-state index contributed by atoms with van der Waals surface area (Å²) >= 11 is 6.03. The van der Waals surface area contributed by atoms with Crippen molar-refractivity contribution in [3.8, 4) is 0 Å². The summed E-state index contributed by atoms with van der Waals surface area (Å²) in [5, 5.41) is 2.96. The van der Waals surface area contributed by atoms with Gasteiger partial charge in [0.25, 0.3) is 0 Å². The summed E-state index contributed by atoms with van der Waals surface area (Å²) in [5.74, 6) is -0.263. The van der Waals surface area contributed by atoms with Crippen LogP contribution in [0.5, 0.6) is 0 Å². The minimum atomic E-state index is -3.36. The summed E-state index contributed by atoms with van der Waals surface area (Å²) in [5.41, 5.74) is 1.39. The van der Waals surface area contributed by atoms with Crippen LogP contribution in [0.25, 0.3) is 0 Å². The SMILES string of the molecule is CN(CC(=O)Nc1cc(S(C)(=O)=O)ccc1Cl)Cc1ccccc1. The fourth-order valence-electron chi connectivity index (χ4n) is 2.22. The van der Waals surface area contributed by atoms with Gasteiger partial charge in [0.1, 0.15) is 0 Å². The number of halogens is 1. The van der Waals surface area contributed by atoms with Gasteiger partial charge in [0.2, 0.25) is 5.91 Å². The Morgan fingerprint density at radius 2 is 1.83 bits per heavy atom. The fraction of sp³-hybridized carbons (Fsp3) is 0.235. The normalized spacial score (nSPS) is 11.5. The molecular formula is C17H19ClN2O3S. The maximum absolute atomic E-state index is 12.2. The highest BCUT2D eigenvalue weighted by molar-refractivity contribution is 7.90. The van der Waals surface area contributed by atoms with E-state index in [0.29, 0.717) is 11.6 Å². The third-order valence-corrected chi connectivity index (χ3v) is 4.79. The number of likely N-dealkylation sites (N-methyl/N-ethyl adjacent to an activating group) is 1. The molecule has 0 saturated carbocycles. The maximum atomic E-state index is 12.2.